The Kier molecular flexibility index (Phi) is 3.18. The largest absolute Gasteiger partial charge is 0.398 e. The minimum Gasteiger partial charge on any atom is -0.398 e. The van der Waals surface area contributed by atoms with E-state index >= 15 is 0 Å². The summed E-state index contributed by atoms with van der Waals surface area (Å²) in [5.41, 5.74) is 9.31. The molecule has 0 spiro atoms. The molecule has 2 N–H and O–H groups in total. The van der Waals surface area contributed by atoms with Crippen molar-refractivity contribution in [3.05, 3.63) is 41.0 Å². The third-order valence-corrected chi connectivity index (χ3v) is 3.19. The van der Waals surface area contributed by atoms with Crippen molar-refractivity contribution in [2.45, 2.75) is 20.3 Å². The van der Waals surface area contributed by atoms with E-state index in [1.807, 2.05) is 30.9 Å². The number of nitrogens with zero attached hydrogens (tertiary/aromatic N) is 1. The van der Waals surface area contributed by atoms with Crippen molar-refractivity contribution in [2.75, 3.05) is 18.8 Å². The maximum Gasteiger partial charge on any atom is 0.254 e. The summed E-state index contributed by atoms with van der Waals surface area (Å²) in [5, 5.41) is 0. The third kappa shape index (κ3) is 2.33. The van der Waals surface area contributed by atoms with Crippen molar-refractivity contribution in [2.24, 2.45) is 0 Å². The van der Waals surface area contributed by atoms with Crippen LogP contribution in [-0.4, -0.2) is 23.9 Å². The van der Waals surface area contributed by atoms with Gasteiger partial charge in [0, 0.05) is 24.3 Å². The number of anilines is 1. The first-order chi connectivity index (χ1) is 8.09. The van der Waals surface area contributed by atoms with Crippen LogP contribution in [0.5, 0.6) is 0 Å². The van der Waals surface area contributed by atoms with Crippen molar-refractivity contribution >= 4 is 11.6 Å². The van der Waals surface area contributed by atoms with Gasteiger partial charge in [0.1, 0.15) is 0 Å². The fraction of sp³-hybridized carbons (Fsp3) is 0.357. The molecule has 1 heterocycles. The van der Waals surface area contributed by atoms with Crippen molar-refractivity contribution in [1.29, 1.82) is 0 Å². The lowest BCUT2D eigenvalue weighted by Crippen LogP contribution is -2.34. The number of carbonyl (C=O) groups is 1. The summed E-state index contributed by atoms with van der Waals surface area (Å²) in [6, 6.07) is 3.77. The van der Waals surface area contributed by atoms with Crippen LogP contribution in [0.2, 0.25) is 0 Å². The zero-order valence-corrected chi connectivity index (χ0v) is 10.4. The minimum atomic E-state index is 0.0820. The molecule has 0 aliphatic carbocycles. The van der Waals surface area contributed by atoms with Gasteiger partial charge in [0.05, 0.1) is 0 Å². The lowest BCUT2D eigenvalue weighted by molar-refractivity contribution is 0.0770. The van der Waals surface area contributed by atoms with Gasteiger partial charge in [0.25, 0.3) is 5.91 Å². The molecule has 0 atom stereocenters. The Morgan fingerprint density at radius 3 is 2.65 bits per heavy atom. The number of rotatable bonds is 1. The highest BCUT2D eigenvalue weighted by Gasteiger charge is 2.18. The van der Waals surface area contributed by atoms with Gasteiger partial charge in [-0.15, -0.1) is 0 Å². The second-order valence-electron chi connectivity index (χ2n) is 4.53. The quantitative estimate of drug-likeness (QED) is 0.594. The molecule has 1 aliphatic rings. The topological polar surface area (TPSA) is 46.3 Å². The van der Waals surface area contributed by atoms with Gasteiger partial charge in [-0.2, -0.15) is 0 Å². The van der Waals surface area contributed by atoms with Crippen LogP contribution < -0.4 is 5.73 Å². The average molecular weight is 230 g/mol. The normalized spacial score (nSPS) is 15.1. The molecular formula is C14H18N2O. The van der Waals surface area contributed by atoms with E-state index in [0.29, 0.717) is 12.2 Å². The molecule has 1 aromatic rings. The predicted octanol–water partition coefficient (Wildman–Crippen LogP) is 2.29. The Hall–Kier alpha value is -1.77. The lowest BCUT2D eigenvalue weighted by Gasteiger charge is -2.24. The van der Waals surface area contributed by atoms with Gasteiger partial charge in [-0.25, -0.2) is 0 Å². The fourth-order valence-electron chi connectivity index (χ4n) is 2.10. The molecule has 0 saturated carbocycles. The number of benzene rings is 1. The predicted molar refractivity (Wildman–Crippen MR) is 70.0 cm³/mol. The molecule has 90 valence electrons. The van der Waals surface area contributed by atoms with E-state index in [4.69, 9.17) is 5.73 Å². The van der Waals surface area contributed by atoms with E-state index in [0.717, 1.165) is 29.7 Å². The second kappa shape index (κ2) is 4.62. The minimum absolute atomic E-state index is 0.0820. The Bertz CT molecular complexity index is 477. The summed E-state index contributed by atoms with van der Waals surface area (Å²) >= 11 is 0. The van der Waals surface area contributed by atoms with Gasteiger partial charge in [-0.3, -0.25) is 4.79 Å². The average Bonchev–Trinajstić information content (AvgIpc) is 2.34. The molecule has 1 aromatic carbocycles. The SMILES string of the molecule is Cc1cc(C)c(C(=O)N2CC=CCC2)cc1N. The van der Waals surface area contributed by atoms with Gasteiger partial charge >= 0.3 is 0 Å². The molecule has 2 rings (SSSR count). The van der Waals surface area contributed by atoms with Crippen LogP contribution >= 0.6 is 0 Å². The van der Waals surface area contributed by atoms with Crippen LogP contribution in [0.4, 0.5) is 5.69 Å². The van der Waals surface area contributed by atoms with E-state index < -0.39 is 0 Å². The number of hydrogen-bond acceptors (Lipinski definition) is 2. The summed E-state index contributed by atoms with van der Waals surface area (Å²) in [7, 11) is 0. The lowest BCUT2D eigenvalue weighted by atomic mass is 10.0. The first-order valence-corrected chi connectivity index (χ1v) is 5.90. The van der Waals surface area contributed by atoms with Crippen molar-refractivity contribution in [1.82, 2.24) is 4.90 Å². The van der Waals surface area contributed by atoms with Crippen LogP contribution in [-0.2, 0) is 0 Å². The van der Waals surface area contributed by atoms with Gasteiger partial charge < -0.3 is 10.6 Å². The Labute approximate surface area is 102 Å². The molecule has 3 heteroatoms. The van der Waals surface area contributed by atoms with Crippen LogP contribution in [0.3, 0.4) is 0 Å². The molecule has 17 heavy (non-hydrogen) atoms. The molecule has 0 aromatic heterocycles. The fourth-order valence-corrected chi connectivity index (χ4v) is 2.10. The number of hydrogen-bond donors (Lipinski definition) is 1. The van der Waals surface area contributed by atoms with Crippen molar-refractivity contribution in [3.63, 3.8) is 0 Å². The summed E-state index contributed by atoms with van der Waals surface area (Å²) < 4.78 is 0. The number of amides is 1. The van der Waals surface area contributed by atoms with E-state index in [-0.39, 0.29) is 5.91 Å². The molecule has 1 aliphatic heterocycles. The zero-order valence-electron chi connectivity index (χ0n) is 10.4. The molecule has 0 fully saturated rings. The van der Waals surface area contributed by atoms with E-state index in [9.17, 15) is 4.79 Å². The maximum absolute atomic E-state index is 12.3. The van der Waals surface area contributed by atoms with E-state index in [1.165, 1.54) is 0 Å². The first-order valence-electron chi connectivity index (χ1n) is 5.90. The van der Waals surface area contributed by atoms with Gasteiger partial charge in [0.2, 0.25) is 0 Å². The molecule has 0 unspecified atom stereocenters. The zero-order chi connectivity index (χ0) is 12.4. The van der Waals surface area contributed by atoms with Gasteiger partial charge in [0.15, 0.2) is 0 Å². The highest BCUT2D eigenvalue weighted by molar-refractivity contribution is 5.97. The molecule has 0 radical (unpaired) electrons. The number of nitrogens with two attached hydrogens (primary N) is 1. The Balaban J connectivity index is 2.30. The summed E-state index contributed by atoms with van der Waals surface area (Å²) in [6.45, 7) is 5.41. The molecule has 3 nitrogen and oxygen atoms in total. The first kappa shape index (κ1) is 11.7. The Morgan fingerprint density at radius 2 is 2.00 bits per heavy atom. The van der Waals surface area contributed by atoms with Gasteiger partial charge in [-0.1, -0.05) is 18.2 Å². The standard InChI is InChI=1S/C14H18N2O/c1-10-8-11(2)13(15)9-12(10)14(17)16-6-4-3-5-7-16/h3-4,8-9H,5-7,15H2,1-2H3. The Morgan fingerprint density at radius 1 is 1.24 bits per heavy atom. The van der Waals surface area contributed by atoms with E-state index in [2.05, 4.69) is 6.08 Å². The second-order valence-corrected chi connectivity index (χ2v) is 4.53. The smallest absolute Gasteiger partial charge is 0.254 e. The van der Waals surface area contributed by atoms with Crippen LogP contribution in [0.1, 0.15) is 27.9 Å². The molecule has 0 bridgehead atoms. The van der Waals surface area contributed by atoms with Crippen LogP contribution in [0, 0.1) is 13.8 Å². The maximum atomic E-state index is 12.3. The number of aryl methyl sites for hydroxylation is 2. The third-order valence-electron chi connectivity index (χ3n) is 3.19. The van der Waals surface area contributed by atoms with Crippen LogP contribution in [0.15, 0.2) is 24.3 Å². The summed E-state index contributed by atoms with van der Waals surface area (Å²) in [6.07, 6.45) is 5.08. The van der Waals surface area contributed by atoms with Gasteiger partial charge in [-0.05, 0) is 37.5 Å². The van der Waals surface area contributed by atoms with Crippen molar-refractivity contribution < 1.29 is 4.79 Å². The van der Waals surface area contributed by atoms with Crippen molar-refractivity contribution in [3.8, 4) is 0 Å². The molecule has 1 amide bonds. The number of nitrogen functional groups attached to an aromatic ring is 1. The highest BCUT2D eigenvalue weighted by Crippen LogP contribution is 2.20. The summed E-state index contributed by atoms with van der Waals surface area (Å²) in [4.78, 5) is 14.2. The molecule has 0 saturated heterocycles. The molecular weight excluding hydrogens is 212 g/mol. The van der Waals surface area contributed by atoms with E-state index in [1.54, 1.807) is 6.07 Å². The highest BCUT2D eigenvalue weighted by atomic mass is 16.2. The summed E-state index contributed by atoms with van der Waals surface area (Å²) in [5.74, 6) is 0.0820. The number of carbonyl (C=O) groups excluding carboxylic acids is 1. The monoisotopic (exact) mass is 230 g/mol. The van der Waals surface area contributed by atoms with Crippen LogP contribution in [0.25, 0.3) is 0 Å².